The first kappa shape index (κ1) is 30.6. The van der Waals surface area contributed by atoms with Crippen LogP contribution < -0.4 is 16.0 Å². The summed E-state index contributed by atoms with van der Waals surface area (Å²) in [5.41, 5.74) is 6.87. The first-order valence-corrected chi connectivity index (χ1v) is 13.7. The minimum Gasteiger partial charge on any atom is -0.368 e. The highest BCUT2D eigenvalue weighted by Crippen LogP contribution is 2.25. The number of anilines is 2. The molecule has 8 nitrogen and oxygen atoms in total. The van der Waals surface area contributed by atoms with E-state index >= 15 is 0 Å². The highest BCUT2D eigenvalue weighted by Gasteiger charge is 2.26. The third kappa shape index (κ3) is 8.53. The van der Waals surface area contributed by atoms with Crippen LogP contribution in [0.2, 0.25) is 0 Å². The number of halogens is 4. The van der Waals surface area contributed by atoms with Gasteiger partial charge < -0.3 is 15.4 Å². The van der Waals surface area contributed by atoms with Gasteiger partial charge in [-0.1, -0.05) is 24.8 Å². The highest BCUT2D eigenvalue weighted by molar-refractivity contribution is 8.00. The van der Waals surface area contributed by atoms with Gasteiger partial charge in [0.15, 0.2) is 0 Å². The zero-order valence-electron chi connectivity index (χ0n) is 22.5. The molecule has 4 rings (SSSR count). The van der Waals surface area contributed by atoms with Gasteiger partial charge in [0.05, 0.1) is 6.42 Å². The summed E-state index contributed by atoms with van der Waals surface area (Å²) in [6.45, 7) is 3.73. The van der Waals surface area contributed by atoms with Gasteiger partial charge in [-0.3, -0.25) is 9.36 Å². The molecule has 2 unspecified atom stereocenters. The zero-order valence-corrected chi connectivity index (χ0v) is 23.3. The first-order valence-electron chi connectivity index (χ1n) is 12.8. The molecular weight excluding hydrogens is 534 g/mol. The third-order valence-electron chi connectivity index (χ3n) is 6.36. The monoisotopic (exact) mass is 569 g/mol. The second kappa shape index (κ2) is 13.4. The number of pyridine rings is 2. The highest BCUT2D eigenvalue weighted by atomic mass is 32.2. The molecule has 39 heavy (non-hydrogen) atoms. The van der Waals surface area contributed by atoms with Crippen molar-refractivity contribution in [1.29, 1.82) is 0 Å². The van der Waals surface area contributed by atoms with E-state index in [4.69, 9.17) is 5.73 Å². The van der Waals surface area contributed by atoms with E-state index in [1.807, 2.05) is 32.8 Å². The lowest BCUT2D eigenvalue weighted by Crippen LogP contribution is -2.38. The number of fused-ring (bicyclic) bond motifs is 1. The lowest BCUT2D eigenvalue weighted by Gasteiger charge is -2.31. The van der Waals surface area contributed by atoms with Crippen molar-refractivity contribution < 1.29 is 17.6 Å². The van der Waals surface area contributed by atoms with E-state index < -0.39 is 18.8 Å². The number of nitrogens with two attached hydrogens (primary N) is 1. The van der Waals surface area contributed by atoms with Crippen LogP contribution in [0, 0.1) is 0 Å². The fraction of sp³-hybridized carbons (Fsp3) is 0.538. The maximum absolute atomic E-state index is 13.1. The lowest BCUT2D eigenvalue weighted by molar-refractivity contribution is -0.129. The van der Waals surface area contributed by atoms with Gasteiger partial charge in [-0.2, -0.15) is 18.2 Å². The summed E-state index contributed by atoms with van der Waals surface area (Å²) in [4.78, 5) is 27.4. The van der Waals surface area contributed by atoms with E-state index in [2.05, 4.69) is 19.7 Å². The summed E-state index contributed by atoms with van der Waals surface area (Å²) >= 11 is 0.921. The van der Waals surface area contributed by atoms with E-state index in [0.717, 1.165) is 31.2 Å². The number of nitrogens with one attached hydrogen (secondary N) is 1. The Labute approximate surface area is 229 Å². The Morgan fingerprint density at radius 1 is 1.18 bits per heavy atom. The second-order valence-corrected chi connectivity index (χ2v) is 10.8. The van der Waals surface area contributed by atoms with Crippen LogP contribution in [0.4, 0.5) is 29.3 Å². The molecule has 3 heterocycles. The maximum atomic E-state index is 13.1. The van der Waals surface area contributed by atoms with Crippen molar-refractivity contribution in [3.8, 4) is 11.1 Å². The van der Waals surface area contributed by atoms with Crippen LogP contribution in [0.5, 0.6) is 0 Å². The van der Waals surface area contributed by atoms with E-state index in [9.17, 15) is 22.4 Å². The third-order valence-corrected chi connectivity index (χ3v) is 7.12. The molecule has 0 bridgehead atoms. The molecule has 1 fully saturated rings. The van der Waals surface area contributed by atoms with Gasteiger partial charge in [0.1, 0.15) is 17.6 Å². The van der Waals surface area contributed by atoms with Gasteiger partial charge >= 0.3 is 6.18 Å². The van der Waals surface area contributed by atoms with E-state index in [1.165, 1.54) is 12.6 Å². The molecular formula is C26H35F4N7OS. The van der Waals surface area contributed by atoms with Gasteiger partial charge in [-0.05, 0) is 59.0 Å². The molecule has 0 aliphatic heterocycles. The standard InChI is InChI=1S/C18H19F3N6OS.C8H16FN/c1-10(2)27-15-12(9-24-17(22)25-15)7-13(16(27)28)11-3-4-14(23-8-11)26-29-6-5-18(19,20)21;1-10(2)8-6-4-3-5-7(8)9/h3-4,7-10H,5-6H2,1-2H3,(H,23,26)(H2,22,24,25);7-8H,3-6H2,1-2H3. The zero-order chi connectivity index (χ0) is 28.7. The number of alkyl halides is 4. The van der Waals surface area contributed by atoms with Crippen LogP contribution in [-0.2, 0) is 0 Å². The Morgan fingerprint density at radius 2 is 1.90 bits per heavy atom. The van der Waals surface area contributed by atoms with Crippen LogP contribution in [-0.4, -0.2) is 62.7 Å². The molecule has 3 N–H and O–H groups in total. The van der Waals surface area contributed by atoms with Crippen molar-refractivity contribution in [1.82, 2.24) is 24.4 Å². The second-order valence-electron chi connectivity index (χ2n) is 9.91. The van der Waals surface area contributed by atoms with Gasteiger partial charge in [0, 0.05) is 46.7 Å². The van der Waals surface area contributed by atoms with Crippen molar-refractivity contribution in [2.24, 2.45) is 0 Å². The molecule has 2 atom stereocenters. The SMILES string of the molecule is CC(C)n1c(=O)c(-c2ccc(NSCCC(F)(F)F)nc2)cc2cnc(N)nc21.CN(C)C1CCCCC1F. The maximum Gasteiger partial charge on any atom is 0.389 e. The Hall–Kier alpha value is -2.93. The number of hydrogen-bond donors (Lipinski definition) is 2. The minimum atomic E-state index is -4.19. The van der Waals surface area contributed by atoms with Gasteiger partial charge in [-0.15, -0.1) is 0 Å². The summed E-state index contributed by atoms with van der Waals surface area (Å²) < 4.78 is 53.9. The molecule has 1 saturated carbocycles. The normalized spacial score (nSPS) is 17.8. The van der Waals surface area contributed by atoms with Crippen molar-refractivity contribution in [3.63, 3.8) is 0 Å². The molecule has 1 aliphatic rings. The van der Waals surface area contributed by atoms with Crippen LogP contribution in [0.25, 0.3) is 22.2 Å². The van der Waals surface area contributed by atoms with Crippen molar-refractivity contribution in [3.05, 3.63) is 40.9 Å². The van der Waals surface area contributed by atoms with Crippen LogP contribution in [0.3, 0.4) is 0 Å². The molecule has 0 aromatic carbocycles. The average molecular weight is 570 g/mol. The number of hydrogen-bond acceptors (Lipinski definition) is 8. The van der Waals surface area contributed by atoms with Crippen LogP contribution in [0.15, 0.2) is 35.4 Å². The topological polar surface area (TPSA) is 102 Å². The molecule has 13 heteroatoms. The lowest BCUT2D eigenvalue weighted by atomic mass is 9.93. The fourth-order valence-corrected chi connectivity index (χ4v) is 5.08. The smallest absolute Gasteiger partial charge is 0.368 e. The van der Waals surface area contributed by atoms with E-state index in [-0.39, 0.29) is 29.3 Å². The Balaban J connectivity index is 0.000000353. The summed E-state index contributed by atoms with van der Waals surface area (Å²) in [7, 11) is 3.92. The number of rotatable bonds is 7. The van der Waals surface area contributed by atoms with Gasteiger partial charge in [-0.25, -0.2) is 14.4 Å². The predicted octanol–water partition coefficient (Wildman–Crippen LogP) is 5.86. The molecule has 0 saturated heterocycles. The van der Waals surface area contributed by atoms with Gasteiger partial charge in [0.25, 0.3) is 5.56 Å². The van der Waals surface area contributed by atoms with Gasteiger partial charge in [0.2, 0.25) is 5.95 Å². The molecule has 214 valence electrons. The quantitative estimate of drug-likeness (QED) is 0.207. The Kier molecular flexibility index (Phi) is 10.5. The van der Waals surface area contributed by atoms with Crippen LogP contribution >= 0.6 is 11.9 Å². The summed E-state index contributed by atoms with van der Waals surface area (Å²) in [6.07, 6.45) is 1.47. The molecule has 0 amide bonds. The molecule has 0 radical (unpaired) electrons. The number of nitrogens with zero attached hydrogens (tertiary/aromatic N) is 5. The molecule has 1 aliphatic carbocycles. The largest absolute Gasteiger partial charge is 0.389 e. The summed E-state index contributed by atoms with van der Waals surface area (Å²) in [6, 6.07) is 5.01. The number of aromatic nitrogens is 4. The van der Waals surface area contributed by atoms with Crippen molar-refractivity contribution in [2.75, 3.05) is 30.3 Å². The average Bonchev–Trinajstić information content (AvgIpc) is 2.86. The fourth-order valence-electron chi connectivity index (χ4n) is 4.37. The first-order chi connectivity index (χ1) is 18.4. The Bertz CT molecular complexity index is 1280. The van der Waals surface area contributed by atoms with Crippen LogP contribution in [0.1, 0.15) is 52.0 Å². The molecule has 3 aromatic rings. The summed E-state index contributed by atoms with van der Waals surface area (Å²) in [5, 5.41) is 0.660. The minimum absolute atomic E-state index is 0.0826. The Morgan fingerprint density at radius 3 is 2.46 bits per heavy atom. The predicted molar refractivity (Wildman–Crippen MR) is 149 cm³/mol. The van der Waals surface area contributed by atoms with Crippen molar-refractivity contribution >= 4 is 34.7 Å². The molecule has 0 spiro atoms. The number of nitrogen functional groups attached to an aromatic ring is 1. The van der Waals surface area contributed by atoms with Crippen molar-refractivity contribution in [2.45, 2.75) is 70.4 Å². The van der Waals surface area contributed by atoms with E-state index in [0.29, 0.717) is 28.0 Å². The summed E-state index contributed by atoms with van der Waals surface area (Å²) in [5.74, 6) is 0.362. The molecule has 3 aromatic heterocycles. The van der Waals surface area contributed by atoms with E-state index in [1.54, 1.807) is 29.0 Å².